The largest absolute Gasteiger partial charge is 0.310 e. The van der Waals surface area contributed by atoms with Gasteiger partial charge in [0.25, 0.3) is 0 Å². The molecule has 0 atom stereocenters. The fourth-order valence-electron chi connectivity index (χ4n) is 3.84. The molecule has 0 unspecified atom stereocenters. The molecule has 25 heavy (non-hydrogen) atoms. The van der Waals surface area contributed by atoms with Gasteiger partial charge in [0.05, 0.1) is 0 Å². The summed E-state index contributed by atoms with van der Waals surface area (Å²) in [6.07, 6.45) is 12.5. The molecule has 3 rings (SSSR count). The Hall–Kier alpha value is -1.87. The summed E-state index contributed by atoms with van der Waals surface area (Å²) < 4.78 is 0. The zero-order valence-corrected chi connectivity index (χ0v) is 15.4. The molecule has 1 aliphatic heterocycles. The van der Waals surface area contributed by atoms with Crippen molar-refractivity contribution in [3.8, 4) is 0 Å². The molecule has 0 bridgehead atoms. The van der Waals surface area contributed by atoms with E-state index in [1.807, 2.05) is 6.92 Å². The smallest absolute Gasteiger partial charge is 0.226 e. The van der Waals surface area contributed by atoms with E-state index in [-0.39, 0.29) is 5.91 Å². The van der Waals surface area contributed by atoms with Crippen molar-refractivity contribution >= 4 is 5.91 Å². The Bertz CT molecular complexity index is 612. The minimum Gasteiger partial charge on any atom is -0.310 e. The standard InChI is InChI=1S/C22H30N2O/c1-2-22(25)24(20-11-7-4-8-12-20)21-14-17-23(18-15-21)16-13-19-9-5-3-6-10-19/h3,5-7,9-12,21H,2,4,8,13-18H2,1H3. The van der Waals surface area contributed by atoms with Gasteiger partial charge < -0.3 is 9.80 Å². The highest BCUT2D eigenvalue weighted by molar-refractivity contribution is 5.78. The third-order valence-electron chi connectivity index (χ3n) is 5.31. The lowest BCUT2D eigenvalue weighted by atomic mass is 9.99. The zero-order valence-electron chi connectivity index (χ0n) is 15.4. The minimum absolute atomic E-state index is 0.264. The van der Waals surface area contributed by atoms with Crippen LogP contribution in [0, 0.1) is 0 Å². The first-order valence-electron chi connectivity index (χ1n) is 9.73. The zero-order chi connectivity index (χ0) is 17.5. The van der Waals surface area contributed by atoms with Crippen LogP contribution < -0.4 is 0 Å². The van der Waals surface area contributed by atoms with E-state index < -0.39 is 0 Å². The molecular formula is C22H30N2O. The first-order valence-corrected chi connectivity index (χ1v) is 9.73. The number of nitrogens with zero attached hydrogens (tertiary/aromatic N) is 2. The van der Waals surface area contributed by atoms with Crippen molar-refractivity contribution in [2.75, 3.05) is 19.6 Å². The van der Waals surface area contributed by atoms with Crippen LogP contribution in [0.2, 0.25) is 0 Å². The maximum Gasteiger partial charge on any atom is 0.226 e. The number of rotatable bonds is 6. The monoisotopic (exact) mass is 338 g/mol. The van der Waals surface area contributed by atoms with Crippen molar-refractivity contribution < 1.29 is 4.79 Å². The first kappa shape index (κ1) is 17.9. The van der Waals surface area contributed by atoms with Gasteiger partial charge in [0.2, 0.25) is 5.91 Å². The second-order valence-electron chi connectivity index (χ2n) is 7.03. The molecule has 3 nitrogen and oxygen atoms in total. The highest BCUT2D eigenvalue weighted by Gasteiger charge is 2.28. The van der Waals surface area contributed by atoms with E-state index in [4.69, 9.17) is 0 Å². The number of hydrogen-bond donors (Lipinski definition) is 0. The molecular weight excluding hydrogens is 308 g/mol. The number of allylic oxidation sites excluding steroid dienone is 3. The molecule has 1 aromatic carbocycles. The topological polar surface area (TPSA) is 23.6 Å². The van der Waals surface area contributed by atoms with E-state index in [0.717, 1.165) is 57.4 Å². The summed E-state index contributed by atoms with van der Waals surface area (Å²) in [4.78, 5) is 17.2. The van der Waals surface area contributed by atoms with Crippen molar-refractivity contribution in [2.24, 2.45) is 0 Å². The van der Waals surface area contributed by atoms with Gasteiger partial charge in [0.15, 0.2) is 0 Å². The average molecular weight is 338 g/mol. The third-order valence-corrected chi connectivity index (χ3v) is 5.31. The normalized spacial score (nSPS) is 18.8. The van der Waals surface area contributed by atoms with Crippen LogP contribution in [-0.4, -0.2) is 41.4 Å². The number of carbonyl (C=O) groups excluding carboxylic acids is 1. The molecule has 0 radical (unpaired) electrons. The van der Waals surface area contributed by atoms with Gasteiger partial charge in [0.1, 0.15) is 0 Å². The quantitative estimate of drug-likeness (QED) is 0.777. The second-order valence-corrected chi connectivity index (χ2v) is 7.03. The number of piperidine rings is 1. The summed E-state index contributed by atoms with van der Waals surface area (Å²) in [6.45, 7) is 5.25. The Morgan fingerprint density at radius 2 is 1.92 bits per heavy atom. The number of amides is 1. The molecule has 0 saturated carbocycles. The van der Waals surface area contributed by atoms with Crippen molar-refractivity contribution in [3.05, 3.63) is 59.8 Å². The lowest BCUT2D eigenvalue weighted by Gasteiger charge is -2.39. The molecule has 3 heteroatoms. The number of benzene rings is 1. The Balaban J connectivity index is 1.55. The summed E-state index contributed by atoms with van der Waals surface area (Å²) in [6, 6.07) is 11.1. The Labute approximate surface area is 152 Å². The minimum atomic E-state index is 0.264. The van der Waals surface area contributed by atoms with Crippen molar-refractivity contribution in [2.45, 2.75) is 51.5 Å². The van der Waals surface area contributed by atoms with Gasteiger partial charge in [-0.05, 0) is 43.7 Å². The van der Waals surface area contributed by atoms with E-state index >= 15 is 0 Å². The number of hydrogen-bond acceptors (Lipinski definition) is 2. The molecule has 1 saturated heterocycles. The molecule has 1 amide bonds. The fourth-order valence-corrected chi connectivity index (χ4v) is 3.84. The van der Waals surface area contributed by atoms with Gasteiger partial charge in [-0.1, -0.05) is 49.4 Å². The van der Waals surface area contributed by atoms with E-state index in [1.165, 1.54) is 5.56 Å². The van der Waals surface area contributed by atoms with Crippen LogP contribution >= 0.6 is 0 Å². The lowest BCUT2D eigenvalue weighted by Crippen LogP contribution is -2.47. The fraction of sp³-hybridized carbons (Fsp3) is 0.500. The summed E-state index contributed by atoms with van der Waals surface area (Å²) in [5.41, 5.74) is 2.53. The Morgan fingerprint density at radius 1 is 1.16 bits per heavy atom. The highest BCUT2D eigenvalue weighted by atomic mass is 16.2. The van der Waals surface area contributed by atoms with Crippen LogP contribution in [0.1, 0.15) is 44.6 Å². The molecule has 134 valence electrons. The summed E-state index contributed by atoms with van der Waals surface area (Å²) in [7, 11) is 0. The van der Waals surface area contributed by atoms with Crippen molar-refractivity contribution in [1.29, 1.82) is 0 Å². The molecule has 1 heterocycles. The van der Waals surface area contributed by atoms with Crippen LogP contribution in [-0.2, 0) is 11.2 Å². The summed E-state index contributed by atoms with van der Waals surface area (Å²) in [5, 5.41) is 0. The lowest BCUT2D eigenvalue weighted by molar-refractivity contribution is -0.131. The van der Waals surface area contributed by atoms with E-state index in [0.29, 0.717) is 12.5 Å². The molecule has 0 aromatic heterocycles. The van der Waals surface area contributed by atoms with E-state index in [1.54, 1.807) is 0 Å². The molecule has 2 aliphatic rings. The van der Waals surface area contributed by atoms with Gasteiger partial charge in [0, 0.05) is 37.8 Å². The maximum atomic E-state index is 12.5. The average Bonchev–Trinajstić information content (AvgIpc) is 2.69. The first-order chi connectivity index (χ1) is 12.3. The summed E-state index contributed by atoms with van der Waals surface area (Å²) >= 11 is 0. The van der Waals surface area contributed by atoms with Crippen LogP contribution in [0.4, 0.5) is 0 Å². The van der Waals surface area contributed by atoms with Crippen LogP contribution in [0.3, 0.4) is 0 Å². The number of likely N-dealkylation sites (tertiary alicyclic amines) is 1. The third kappa shape index (κ3) is 4.82. The SMILES string of the molecule is CCC(=O)N(C1=CCCC=C1)C1CCN(CCc2ccccc2)CC1. The molecule has 1 aromatic rings. The van der Waals surface area contributed by atoms with Crippen LogP contribution in [0.5, 0.6) is 0 Å². The molecule has 1 fully saturated rings. The Morgan fingerprint density at radius 3 is 2.56 bits per heavy atom. The van der Waals surface area contributed by atoms with Gasteiger partial charge in [-0.2, -0.15) is 0 Å². The predicted octanol–water partition coefficient (Wildman–Crippen LogP) is 4.17. The van der Waals surface area contributed by atoms with Gasteiger partial charge in [-0.3, -0.25) is 4.79 Å². The van der Waals surface area contributed by atoms with Crippen LogP contribution in [0.25, 0.3) is 0 Å². The maximum absolute atomic E-state index is 12.5. The predicted molar refractivity (Wildman–Crippen MR) is 103 cm³/mol. The van der Waals surface area contributed by atoms with Gasteiger partial charge >= 0.3 is 0 Å². The molecule has 0 N–H and O–H groups in total. The second kappa shape index (κ2) is 9.00. The molecule has 0 spiro atoms. The summed E-state index contributed by atoms with van der Waals surface area (Å²) in [5.74, 6) is 0.264. The molecule has 1 aliphatic carbocycles. The number of carbonyl (C=O) groups is 1. The van der Waals surface area contributed by atoms with Gasteiger partial charge in [-0.25, -0.2) is 0 Å². The van der Waals surface area contributed by atoms with Crippen LogP contribution in [0.15, 0.2) is 54.3 Å². The van der Waals surface area contributed by atoms with Crippen molar-refractivity contribution in [1.82, 2.24) is 9.80 Å². The van der Waals surface area contributed by atoms with E-state index in [2.05, 4.69) is 58.4 Å². The van der Waals surface area contributed by atoms with Crippen molar-refractivity contribution in [3.63, 3.8) is 0 Å². The van der Waals surface area contributed by atoms with Gasteiger partial charge in [-0.15, -0.1) is 0 Å². The van der Waals surface area contributed by atoms with E-state index in [9.17, 15) is 4.79 Å². The Kier molecular flexibility index (Phi) is 6.46. The highest BCUT2D eigenvalue weighted by Crippen LogP contribution is 2.25.